The molecule has 5 rings (SSSR count). The summed E-state index contributed by atoms with van der Waals surface area (Å²) >= 11 is 0. The predicted molar refractivity (Wildman–Crippen MR) is 110 cm³/mol. The summed E-state index contributed by atoms with van der Waals surface area (Å²) in [6.07, 6.45) is 0.878. The smallest absolute Gasteiger partial charge is 0.364 e. The van der Waals surface area contributed by atoms with Crippen LogP contribution in [0.15, 0.2) is 47.0 Å². The van der Waals surface area contributed by atoms with Crippen LogP contribution in [0.25, 0.3) is 5.69 Å². The lowest BCUT2D eigenvalue weighted by atomic mass is 10.1. The molecule has 3 aliphatic rings. The van der Waals surface area contributed by atoms with Crippen molar-refractivity contribution in [3.63, 3.8) is 0 Å². The Morgan fingerprint density at radius 3 is 2.88 bits per heavy atom. The van der Waals surface area contributed by atoms with Gasteiger partial charge in [-0.3, -0.25) is 4.90 Å². The number of halogens is 3. The molecule has 0 unspecified atom stereocenters. The van der Waals surface area contributed by atoms with E-state index in [0.717, 1.165) is 56.1 Å². The Labute approximate surface area is 182 Å². The number of fused-ring (bicyclic) bond motifs is 1. The normalized spacial score (nSPS) is 23.8. The van der Waals surface area contributed by atoms with Gasteiger partial charge in [0.15, 0.2) is 5.70 Å². The van der Waals surface area contributed by atoms with E-state index in [0.29, 0.717) is 24.0 Å². The van der Waals surface area contributed by atoms with Gasteiger partial charge in [-0.1, -0.05) is 11.3 Å². The average Bonchev–Trinajstić information content (AvgIpc) is 3.45. The maximum atomic E-state index is 13.0. The molecule has 2 saturated heterocycles. The summed E-state index contributed by atoms with van der Waals surface area (Å²) in [5.41, 5.74) is 0.785. The van der Waals surface area contributed by atoms with Crippen LogP contribution in [0, 0.1) is 11.3 Å². The molecule has 2 atom stereocenters. The van der Waals surface area contributed by atoms with Crippen LogP contribution in [0.2, 0.25) is 0 Å². The summed E-state index contributed by atoms with van der Waals surface area (Å²) < 4.78 is 40.5. The van der Waals surface area contributed by atoms with E-state index in [1.807, 2.05) is 0 Å². The Morgan fingerprint density at radius 1 is 1.19 bits per heavy atom. The molecule has 0 saturated carbocycles. The Kier molecular flexibility index (Phi) is 5.09. The molecule has 0 spiro atoms. The molecule has 0 radical (unpaired) electrons. The summed E-state index contributed by atoms with van der Waals surface area (Å²) in [6.45, 7) is 2.92. The van der Waals surface area contributed by atoms with Gasteiger partial charge in [0, 0.05) is 31.9 Å². The lowest BCUT2D eigenvalue weighted by molar-refractivity contribution is -0.137. The number of aliphatic imine (C=N–C) groups is 1. The van der Waals surface area contributed by atoms with Gasteiger partial charge in [0.1, 0.15) is 17.6 Å². The van der Waals surface area contributed by atoms with Crippen molar-refractivity contribution in [1.82, 2.24) is 30.1 Å². The molecule has 32 heavy (non-hydrogen) atoms. The topological polar surface area (TPSA) is 85.4 Å². The second kappa shape index (κ2) is 7.94. The van der Waals surface area contributed by atoms with Crippen molar-refractivity contribution in [3.8, 4) is 11.8 Å². The van der Waals surface area contributed by atoms with Gasteiger partial charge in [0.05, 0.1) is 30.0 Å². The maximum absolute atomic E-state index is 13.0. The Morgan fingerprint density at radius 2 is 2.06 bits per heavy atom. The van der Waals surface area contributed by atoms with Crippen LogP contribution in [0.1, 0.15) is 30.1 Å². The van der Waals surface area contributed by atoms with E-state index in [9.17, 15) is 18.4 Å². The highest BCUT2D eigenvalue weighted by atomic mass is 19.4. The third kappa shape index (κ3) is 3.71. The summed E-state index contributed by atoms with van der Waals surface area (Å²) in [5, 5.41) is 21.0. The largest absolute Gasteiger partial charge is 0.416 e. The van der Waals surface area contributed by atoms with Crippen LogP contribution in [-0.4, -0.2) is 63.2 Å². The first kappa shape index (κ1) is 20.5. The van der Waals surface area contributed by atoms with Crippen molar-refractivity contribution in [2.45, 2.75) is 31.1 Å². The first-order chi connectivity index (χ1) is 15.4. The molecule has 2 aromatic rings. The second-order valence-electron chi connectivity index (χ2n) is 8.07. The van der Waals surface area contributed by atoms with Crippen LogP contribution >= 0.6 is 0 Å². The molecule has 8 nitrogen and oxygen atoms in total. The highest BCUT2D eigenvalue weighted by Gasteiger charge is 2.40. The number of hydrogen-bond donors (Lipinski definition) is 1. The molecule has 0 bridgehead atoms. The standard InChI is InChI=1S/C21H21F3N8/c22-21(23,24)14-2-1-3-15(10-14)32-13-18(28-29-32)19-5-4-16-12-30(8-9-31(16)19)20-17(11-25)26-6-7-27-20/h1-3,6,10,13,16,19,27H,4-5,7-9,12H2/t16-,19+/m0/s1. The molecule has 0 aliphatic carbocycles. The summed E-state index contributed by atoms with van der Waals surface area (Å²) in [6, 6.07) is 7.60. The second-order valence-corrected chi connectivity index (χ2v) is 8.07. The van der Waals surface area contributed by atoms with Gasteiger partial charge in [-0.15, -0.1) is 5.10 Å². The van der Waals surface area contributed by atoms with Crippen molar-refractivity contribution in [2.75, 3.05) is 26.2 Å². The summed E-state index contributed by atoms with van der Waals surface area (Å²) in [5.74, 6) is 0.786. The molecule has 1 aromatic heterocycles. The highest BCUT2D eigenvalue weighted by molar-refractivity contribution is 5.64. The Bertz CT molecular complexity index is 1110. The van der Waals surface area contributed by atoms with Crippen LogP contribution in [-0.2, 0) is 6.18 Å². The third-order valence-corrected chi connectivity index (χ3v) is 6.22. The predicted octanol–water partition coefficient (Wildman–Crippen LogP) is 2.47. The maximum Gasteiger partial charge on any atom is 0.416 e. The van der Waals surface area contributed by atoms with Crippen molar-refractivity contribution in [1.29, 1.82) is 5.26 Å². The van der Waals surface area contributed by atoms with E-state index in [2.05, 4.69) is 36.5 Å². The number of hydrogen-bond acceptors (Lipinski definition) is 7. The Balaban J connectivity index is 1.32. The number of piperazine rings is 1. The van der Waals surface area contributed by atoms with Crippen LogP contribution in [0.5, 0.6) is 0 Å². The molecule has 4 heterocycles. The molecule has 0 amide bonds. The van der Waals surface area contributed by atoms with Gasteiger partial charge in [-0.05, 0) is 31.0 Å². The molecule has 1 aromatic carbocycles. The molecule has 11 heteroatoms. The Hall–Kier alpha value is -3.39. The van der Waals surface area contributed by atoms with E-state index in [1.54, 1.807) is 18.5 Å². The third-order valence-electron chi connectivity index (χ3n) is 6.22. The lowest BCUT2D eigenvalue weighted by Crippen LogP contribution is -2.52. The zero-order valence-corrected chi connectivity index (χ0v) is 17.1. The number of nitrogens with zero attached hydrogens (tertiary/aromatic N) is 7. The summed E-state index contributed by atoms with van der Waals surface area (Å²) in [4.78, 5) is 8.75. The van der Waals surface area contributed by atoms with Crippen molar-refractivity contribution >= 4 is 6.21 Å². The first-order valence-corrected chi connectivity index (χ1v) is 10.5. The van der Waals surface area contributed by atoms with Crippen molar-refractivity contribution in [3.05, 3.63) is 53.2 Å². The number of alkyl halides is 3. The number of rotatable bonds is 3. The van der Waals surface area contributed by atoms with E-state index >= 15 is 0 Å². The fourth-order valence-electron chi connectivity index (χ4n) is 4.72. The molecule has 166 valence electrons. The van der Waals surface area contributed by atoms with Crippen LogP contribution < -0.4 is 5.32 Å². The number of aromatic nitrogens is 3. The van der Waals surface area contributed by atoms with Gasteiger partial charge in [0.25, 0.3) is 0 Å². The lowest BCUT2D eigenvalue weighted by Gasteiger charge is -2.41. The zero-order valence-electron chi connectivity index (χ0n) is 17.1. The van der Waals surface area contributed by atoms with Gasteiger partial charge >= 0.3 is 6.18 Å². The molecule has 1 N–H and O–H groups in total. The fourth-order valence-corrected chi connectivity index (χ4v) is 4.72. The van der Waals surface area contributed by atoms with E-state index in [1.165, 1.54) is 10.7 Å². The minimum Gasteiger partial charge on any atom is -0.364 e. The SMILES string of the molecule is N#CC1=C(N2CCN3[C@@H](CC[C@@H]3c3cn(-c4cccc(C(F)(F)F)c4)nn3)C2)NCC=N1. The molecular weight excluding hydrogens is 421 g/mol. The van der Waals surface area contributed by atoms with Crippen LogP contribution in [0.3, 0.4) is 0 Å². The molecular formula is C21H21F3N8. The number of nitrogens with one attached hydrogen (secondary N) is 1. The van der Waals surface area contributed by atoms with Crippen LogP contribution in [0.4, 0.5) is 13.2 Å². The van der Waals surface area contributed by atoms with Crippen molar-refractivity contribution in [2.24, 2.45) is 4.99 Å². The average molecular weight is 442 g/mol. The minimum atomic E-state index is -4.41. The fraction of sp³-hybridized carbons (Fsp3) is 0.429. The van der Waals surface area contributed by atoms with Gasteiger partial charge < -0.3 is 10.2 Å². The van der Waals surface area contributed by atoms with E-state index in [4.69, 9.17) is 0 Å². The quantitative estimate of drug-likeness (QED) is 0.786. The number of benzene rings is 1. The highest BCUT2D eigenvalue weighted by Crippen LogP contribution is 2.38. The molecule has 3 aliphatic heterocycles. The van der Waals surface area contributed by atoms with Crippen molar-refractivity contribution < 1.29 is 13.2 Å². The molecule has 2 fully saturated rings. The van der Waals surface area contributed by atoms with Gasteiger partial charge in [0.2, 0.25) is 0 Å². The first-order valence-electron chi connectivity index (χ1n) is 10.5. The number of allylic oxidation sites excluding steroid dienone is 1. The van der Waals surface area contributed by atoms with E-state index < -0.39 is 11.7 Å². The number of nitriles is 1. The van der Waals surface area contributed by atoms with Gasteiger partial charge in [-0.25, -0.2) is 9.67 Å². The summed E-state index contributed by atoms with van der Waals surface area (Å²) in [7, 11) is 0. The zero-order chi connectivity index (χ0) is 22.3. The van der Waals surface area contributed by atoms with E-state index in [-0.39, 0.29) is 6.04 Å². The minimum absolute atomic E-state index is 0.0726. The van der Waals surface area contributed by atoms with Gasteiger partial charge in [-0.2, -0.15) is 18.4 Å². The monoisotopic (exact) mass is 442 g/mol.